The number of rotatable bonds is 4. The normalized spacial score (nSPS) is 20.3. The van der Waals surface area contributed by atoms with Crippen LogP contribution in [0.2, 0.25) is 0 Å². The van der Waals surface area contributed by atoms with Gasteiger partial charge in [0.2, 0.25) is 5.91 Å². The van der Waals surface area contributed by atoms with Crippen LogP contribution in [0.25, 0.3) is 0 Å². The van der Waals surface area contributed by atoms with E-state index in [0.717, 1.165) is 36.5 Å². The maximum Gasteiger partial charge on any atom is 0.249 e. The number of carbonyl (C=O) groups is 1. The number of nitrogens with zero attached hydrogens (tertiary/aromatic N) is 2. The van der Waals surface area contributed by atoms with Crippen molar-refractivity contribution in [2.75, 3.05) is 23.9 Å². The zero-order chi connectivity index (χ0) is 16.3. The second-order valence-corrected chi connectivity index (χ2v) is 5.92. The lowest BCUT2D eigenvalue weighted by Gasteiger charge is -2.35. The summed E-state index contributed by atoms with van der Waals surface area (Å²) in [5.74, 6) is 0.783. The molecule has 1 amide bonds. The van der Waals surface area contributed by atoms with E-state index in [1.807, 2.05) is 43.3 Å². The highest BCUT2D eigenvalue weighted by Crippen LogP contribution is 2.34. The molecule has 0 bridgehead atoms. The fraction of sp³-hybridized carbons (Fsp3) is 0.333. The number of hydrogen-bond donors (Lipinski definition) is 1. The Labute approximate surface area is 136 Å². The predicted molar refractivity (Wildman–Crippen MR) is 90.8 cm³/mol. The van der Waals surface area contributed by atoms with Crippen molar-refractivity contribution in [1.82, 2.24) is 4.98 Å². The van der Waals surface area contributed by atoms with Gasteiger partial charge in [0.15, 0.2) is 0 Å². The molecule has 5 heteroatoms. The molecule has 23 heavy (non-hydrogen) atoms. The molecule has 1 aliphatic heterocycles. The average Bonchev–Trinajstić information content (AvgIpc) is 2.99. The number of nitrogens with one attached hydrogen (secondary N) is 1. The van der Waals surface area contributed by atoms with E-state index in [-0.39, 0.29) is 5.91 Å². The zero-order valence-electron chi connectivity index (χ0n) is 13.5. The third kappa shape index (κ3) is 2.99. The van der Waals surface area contributed by atoms with Crippen LogP contribution < -0.4 is 15.0 Å². The summed E-state index contributed by atoms with van der Waals surface area (Å²) in [5, 5.41) is 3.02. The van der Waals surface area contributed by atoms with Gasteiger partial charge in [-0.05, 0) is 56.2 Å². The summed E-state index contributed by atoms with van der Waals surface area (Å²) in [7, 11) is 1.62. The SMILES string of the molecule is COc1ccc(NC(=O)[C@]2(C)CCCN2c2ccncc2)cc1. The van der Waals surface area contributed by atoms with Crippen LogP contribution in [-0.4, -0.2) is 30.1 Å². The van der Waals surface area contributed by atoms with Gasteiger partial charge in [-0.3, -0.25) is 9.78 Å². The minimum atomic E-state index is -0.554. The van der Waals surface area contributed by atoms with Crippen LogP contribution in [0.1, 0.15) is 19.8 Å². The molecule has 1 aliphatic rings. The zero-order valence-corrected chi connectivity index (χ0v) is 13.5. The lowest BCUT2D eigenvalue weighted by atomic mass is 9.97. The molecule has 2 heterocycles. The first-order chi connectivity index (χ1) is 11.1. The number of ether oxygens (including phenoxy) is 1. The number of aromatic nitrogens is 1. The highest BCUT2D eigenvalue weighted by Gasteiger charge is 2.43. The Bertz CT molecular complexity index is 672. The molecule has 3 rings (SSSR count). The van der Waals surface area contributed by atoms with Gasteiger partial charge in [-0.1, -0.05) is 0 Å². The average molecular weight is 311 g/mol. The summed E-state index contributed by atoms with van der Waals surface area (Å²) in [4.78, 5) is 19.1. The number of hydrogen-bond acceptors (Lipinski definition) is 4. The number of anilines is 2. The largest absolute Gasteiger partial charge is 0.497 e. The first kappa shape index (κ1) is 15.3. The fourth-order valence-corrected chi connectivity index (χ4v) is 3.08. The van der Waals surface area contributed by atoms with E-state index in [1.54, 1.807) is 19.5 Å². The molecule has 0 spiro atoms. The predicted octanol–water partition coefficient (Wildman–Crippen LogP) is 3.09. The van der Waals surface area contributed by atoms with Crippen molar-refractivity contribution < 1.29 is 9.53 Å². The number of carbonyl (C=O) groups excluding carboxylic acids is 1. The summed E-state index contributed by atoms with van der Waals surface area (Å²) in [6, 6.07) is 11.3. The van der Waals surface area contributed by atoms with Crippen LogP contribution in [0.3, 0.4) is 0 Å². The van der Waals surface area contributed by atoms with Crippen LogP contribution in [0, 0.1) is 0 Å². The first-order valence-corrected chi connectivity index (χ1v) is 7.77. The highest BCUT2D eigenvalue weighted by atomic mass is 16.5. The standard InChI is InChI=1S/C18H21N3O2/c1-18(10-3-13-21(18)15-8-11-19-12-9-15)17(22)20-14-4-6-16(23-2)7-5-14/h4-9,11-12H,3,10,13H2,1-2H3,(H,20,22)/t18-/m0/s1. The van der Waals surface area contributed by atoms with Crippen molar-refractivity contribution in [2.45, 2.75) is 25.3 Å². The van der Waals surface area contributed by atoms with Crippen molar-refractivity contribution in [3.05, 3.63) is 48.8 Å². The van der Waals surface area contributed by atoms with Gasteiger partial charge in [-0.25, -0.2) is 0 Å². The van der Waals surface area contributed by atoms with Crippen LogP contribution in [0.4, 0.5) is 11.4 Å². The Morgan fingerprint density at radius 3 is 2.57 bits per heavy atom. The van der Waals surface area contributed by atoms with E-state index in [1.165, 1.54) is 0 Å². The molecule has 120 valence electrons. The van der Waals surface area contributed by atoms with E-state index in [4.69, 9.17) is 4.74 Å². The summed E-state index contributed by atoms with van der Waals surface area (Å²) in [6.45, 7) is 2.87. The van der Waals surface area contributed by atoms with Gasteiger partial charge in [-0.15, -0.1) is 0 Å². The molecule has 1 fully saturated rings. The summed E-state index contributed by atoms with van der Waals surface area (Å²) < 4.78 is 5.14. The summed E-state index contributed by atoms with van der Waals surface area (Å²) >= 11 is 0. The molecule has 1 aromatic carbocycles. The highest BCUT2D eigenvalue weighted by molar-refractivity contribution is 6.00. The molecule has 0 unspecified atom stereocenters. The van der Waals surface area contributed by atoms with Crippen molar-refractivity contribution in [1.29, 1.82) is 0 Å². The third-order valence-electron chi connectivity index (χ3n) is 4.45. The van der Waals surface area contributed by atoms with Gasteiger partial charge in [0, 0.05) is 30.3 Å². The number of benzene rings is 1. The van der Waals surface area contributed by atoms with E-state index >= 15 is 0 Å². The Balaban J connectivity index is 1.79. The molecule has 0 saturated carbocycles. The molecule has 0 aliphatic carbocycles. The third-order valence-corrected chi connectivity index (χ3v) is 4.45. The number of pyridine rings is 1. The lowest BCUT2D eigenvalue weighted by molar-refractivity contribution is -0.120. The van der Waals surface area contributed by atoms with Crippen LogP contribution in [0.5, 0.6) is 5.75 Å². The fourth-order valence-electron chi connectivity index (χ4n) is 3.08. The van der Waals surface area contributed by atoms with E-state index in [9.17, 15) is 4.79 Å². The second kappa shape index (κ2) is 6.28. The van der Waals surface area contributed by atoms with Gasteiger partial charge >= 0.3 is 0 Å². The summed E-state index contributed by atoms with van der Waals surface area (Å²) in [5.41, 5.74) is 1.25. The maximum atomic E-state index is 12.9. The maximum absolute atomic E-state index is 12.9. The smallest absolute Gasteiger partial charge is 0.249 e. The molecule has 1 atom stereocenters. The van der Waals surface area contributed by atoms with E-state index in [2.05, 4.69) is 15.2 Å². The van der Waals surface area contributed by atoms with E-state index in [0.29, 0.717) is 0 Å². The Morgan fingerprint density at radius 1 is 1.22 bits per heavy atom. The van der Waals surface area contributed by atoms with Gasteiger partial charge in [0.1, 0.15) is 11.3 Å². The molecule has 5 nitrogen and oxygen atoms in total. The molecular weight excluding hydrogens is 290 g/mol. The monoisotopic (exact) mass is 311 g/mol. The minimum Gasteiger partial charge on any atom is -0.497 e. The number of amides is 1. The molecule has 2 aromatic rings. The van der Waals surface area contributed by atoms with Crippen LogP contribution in [-0.2, 0) is 4.79 Å². The minimum absolute atomic E-state index is 0.0111. The van der Waals surface area contributed by atoms with Crippen molar-refractivity contribution in [3.63, 3.8) is 0 Å². The first-order valence-electron chi connectivity index (χ1n) is 7.77. The lowest BCUT2D eigenvalue weighted by Crippen LogP contribution is -2.51. The quantitative estimate of drug-likeness (QED) is 0.943. The van der Waals surface area contributed by atoms with E-state index < -0.39 is 5.54 Å². The number of methoxy groups -OCH3 is 1. The topological polar surface area (TPSA) is 54.5 Å². The van der Waals surface area contributed by atoms with Gasteiger partial charge in [0.25, 0.3) is 0 Å². The van der Waals surface area contributed by atoms with Crippen molar-refractivity contribution in [3.8, 4) is 5.75 Å². The Morgan fingerprint density at radius 2 is 1.91 bits per heavy atom. The second-order valence-electron chi connectivity index (χ2n) is 5.92. The summed E-state index contributed by atoms with van der Waals surface area (Å²) in [6.07, 6.45) is 5.34. The molecule has 1 saturated heterocycles. The van der Waals surface area contributed by atoms with Crippen LogP contribution in [0.15, 0.2) is 48.8 Å². The van der Waals surface area contributed by atoms with Gasteiger partial charge in [-0.2, -0.15) is 0 Å². The van der Waals surface area contributed by atoms with Gasteiger partial charge < -0.3 is 15.0 Å². The van der Waals surface area contributed by atoms with Crippen molar-refractivity contribution >= 4 is 17.3 Å². The van der Waals surface area contributed by atoms with Gasteiger partial charge in [0.05, 0.1) is 7.11 Å². The Hall–Kier alpha value is -2.56. The van der Waals surface area contributed by atoms with Crippen LogP contribution >= 0.6 is 0 Å². The molecule has 1 aromatic heterocycles. The Kier molecular flexibility index (Phi) is 4.19. The molecular formula is C18H21N3O2. The van der Waals surface area contributed by atoms with Crippen molar-refractivity contribution in [2.24, 2.45) is 0 Å². The molecule has 1 N–H and O–H groups in total. The molecule has 0 radical (unpaired) electrons.